The van der Waals surface area contributed by atoms with Crippen LogP contribution in [-0.2, 0) is 11.2 Å². The number of pyridine rings is 1. The van der Waals surface area contributed by atoms with E-state index < -0.39 is 0 Å². The van der Waals surface area contributed by atoms with Crippen LogP contribution < -0.4 is 10.2 Å². The first-order valence-corrected chi connectivity index (χ1v) is 9.86. The number of benzene rings is 1. The maximum absolute atomic E-state index is 12.6. The van der Waals surface area contributed by atoms with Crippen molar-refractivity contribution < 1.29 is 4.79 Å². The summed E-state index contributed by atoms with van der Waals surface area (Å²) in [6, 6.07) is 15.8. The number of hydrogen-bond acceptors (Lipinski definition) is 6. The van der Waals surface area contributed by atoms with E-state index in [0.717, 1.165) is 35.4 Å². The first-order chi connectivity index (χ1) is 13.3. The molecule has 1 saturated heterocycles. The molecule has 27 heavy (non-hydrogen) atoms. The highest BCUT2D eigenvalue weighted by molar-refractivity contribution is 7.13. The summed E-state index contributed by atoms with van der Waals surface area (Å²) in [4.78, 5) is 25.7. The molecule has 3 heterocycles. The normalized spacial score (nSPS) is 14.2. The molecule has 0 atom stereocenters. The van der Waals surface area contributed by atoms with E-state index in [0.29, 0.717) is 19.5 Å². The van der Waals surface area contributed by atoms with Crippen molar-refractivity contribution in [3.05, 3.63) is 65.8 Å². The average molecular weight is 379 g/mol. The number of nitrogens with zero attached hydrogens (tertiary/aromatic N) is 4. The molecule has 0 bridgehead atoms. The summed E-state index contributed by atoms with van der Waals surface area (Å²) >= 11 is 1.52. The monoisotopic (exact) mass is 379 g/mol. The molecule has 0 saturated carbocycles. The fourth-order valence-corrected chi connectivity index (χ4v) is 3.81. The largest absolute Gasteiger partial charge is 0.353 e. The van der Waals surface area contributed by atoms with Crippen molar-refractivity contribution in [3.8, 4) is 0 Å². The Morgan fingerprint density at radius 2 is 1.81 bits per heavy atom. The third kappa shape index (κ3) is 4.43. The van der Waals surface area contributed by atoms with Gasteiger partial charge in [0.05, 0.1) is 12.1 Å². The Balaban J connectivity index is 1.30. The van der Waals surface area contributed by atoms with Crippen molar-refractivity contribution in [2.45, 2.75) is 6.42 Å². The van der Waals surface area contributed by atoms with Crippen molar-refractivity contribution in [1.82, 2.24) is 14.9 Å². The number of amides is 1. The minimum absolute atomic E-state index is 0.132. The molecular weight excluding hydrogens is 358 g/mol. The van der Waals surface area contributed by atoms with Gasteiger partial charge in [-0.3, -0.25) is 4.79 Å². The molecular formula is C20H21N5OS. The molecule has 1 aliphatic rings. The number of hydrogen-bond donors (Lipinski definition) is 1. The summed E-state index contributed by atoms with van der Waals surface area (Å²) in [6.45, 7) is 3.05. The molecule has 0 spiro atoms. The predicted octanol–water partition coefficient (Wildman–Crippen LogP) is 3.17. The van der Waals surface area contributed by atoms with Crippen molar-refractivity contribution >= 4 is 33.9 Å². The van der Waals surface area contributed by atoms with Crippen LogP contribution in [0.15, 0.2) is 60.1 Å². The smallest absolute Gasteiger partial charge is 0.228 e. The van der Waals surface area contributed by atoms with Gasteiger partial charge in [-0.15, -0.1) is 11.3 Å². The van der Waals surface area contributed by atoms with E-state index >= 15 is 0 Å². The molecule has 6 nitrogen and oxygen atoms in total. The lowest BCUT2D eigenvalue weighted by atomic mass is 10.2. The number of aromatic nitrogens is 2. The van der Waals surface area contributed by atoms with E-state index in [1.165, 1.54) is 11.3 Å². The molecule has 138 valence electrons. The van der Waals surface area contributed by atoms with Gasteiger partial charge in [0.15, 0.2) is 5.13 Å². The molecule has 3 aromatic rings. The zero-order valence-corrected chi connectivity index (χ0v) is 15.7. The number of para-hydroxylation sites is 1. The highest BCUT2D eigenvalue weighted by Gasteiger charge is 2.22. The Morgan fingerprint density at radius 3 is 2.56 bits per heavy atom. The molecule has 1 aromatic carbocycles. The van der Waals surface area contributed by atoms with Gasteiger partial charge in [0.2, 0.25) is 5.91 Å². The second-order valence-electron chi connectivity index (χ2n) is 6.37. The van der Waals surface area contributed by atoms with Gasteiger partial charge in [-0.1, -0.05) is 24.3 Å². The summed E-state index contributed by atoms with van der Waals surface area (Å²) in [7, 11) is 0. The molecule has 0 radical (unpaired) electrons. The van der Waals surface area contributed by atoms with Gasteiger partial charge in [0.1, 0.15) is 5.82 Å². The molecule has 0 aliphatic carbocycles. The summed E-state index contributed by atoms with van der Waals surface area (Å²) < 4.78 is 0. The zero-order chi connectivity index (χ0) is 18.5. The summed E-state index contributed by atoms with van der Waals surface area (Å²) in [5, 5.41) is 6.03. The van der Waals surface area contributed by atoms with E-state index in [9.17, 15) is 4.79 Å². The third-order valence-corrected chi connectivity index (χ3v) is 5.32. The highest BCUT2D eigenvalue weighted by atomic mass is 32.1. The minimum atomic E-state index is 0.132. The van der Waals surface area contributed by atoms with Gasteiger partial charge in [0.25, 0.3) is 0 Å². The summed E-state index contributed by atoms with van der Waals surface area (Å²) in [6.07, 6.45) is 2.15. The van der Waals surface area contributed by atoms with E-state index in [1.807, 2.05) is 58.8 Å². The predicted molar refractivity (Wildman–Crippen MR) is 109 cm³/mol. The topological polar surface area (TPSA) is 61.4 Å². The fraction of sp³-hybridized carbons (Fsp3) is 0.250. The first-order valence-electron chi connectivity index (χ1n) is 8.98. The Morgan fingerprint density at radius 1 is 1.04 bits per heavy atom. The van der Waals surface area contributed by atoms with Gasteiger partial charge in [-0.2, -0.15) is 0 Å². The maximum atomic E-state index is 12.6. The lowest BCUT2D eigenvalue weighted by Gasteiger charge is -2.35. The van der Waals surface area contributed by atoms with Crippen LogP contribution in [0.25, 0.3) is 0 Å². The van der Waals surface area contributed by atoms with E-state index in [-0.39, 0.29) is 5.91 Å². The van der Waals surface area contributed by atoms with Crippen LogP contribution in [0, 0.1) is 0 Å². The average Bonchev–Trinajstić information content (AvgIpc) is 3.16. The van der Waals surface area contributed by atoms with Crippen LogP contribution in [0.1, 0.15) is 5.69 Å². The Hall–Kier alpha value is -2.93. The highest BCUT2D eigenvalue weighted by Crippen LogP contribution is 2.21. The fourth-order valence-electron chi connectivity index (χ4n) is 3.08. The first kappa shape index (κ1) is 17.5. The number of nitrogens with one attached hydrogen (secondary N) is 1. The van der Waals surface area contributed by atoms with Crippen LogP contribution in [0.2, 0.25) is 0 Å². The van der Waals surface area contributed by atoms with Gasteiger partial charge in [-0.25, -0.2) is 9.97 Å². The minimum Gasteiger partial charge on any atom is -0.353 e. The van der Waals surface area contributed by atoms with Crippen molar-refractivity contribution in [3.63, 3.8) is 0 Å². The van der Waals surface area contributed by atoms with Gasteiger partial charge in [-0.05, 0) is 24.3 Å². The van der Waals surface area contributed by atoms with Crippen molar-refractivity contribution in [2.24, 2.45) is 0 Å². The van der Waals surface area contributed by atoms with Crippen LogP contribution >= 0.6 is 11.3 Å². The zero-order valence-electron chi connectivity index (χ0n) is 14.9. The van der Waals surface area contributed by atoms with Crippen LogP contribution in [0.3, 0.4) is 0 Å². The second-order valence-corrected chi connectivity index (χ2v) is 7.23. The van der Waals surface area contributed by atoms with Crippen LogP contribution in [-0.4, -0.2) is 47.0 Å². The van der Waals surface area contributed by atoms with Gasteiger partial charge in [0, 0.05) is 43.4 Å². The van der Waals surface area contributed by atoms with Crippen LogP contribution in [0.4, 0.5) is 16.6 Å². The standard InChI is InChI=1S/C20H21N5OS/c26-19(25-12-10-24(11-13-25)18-8-4-5-9-21-18)14-17-15-27-20(23-17)22-16-6-2-1-3-7-16/h1-9,15H,10-14H2,(H,22,23). The summed E-state index contributed by atoms with van der Waals surface area (Å²) in [5.41, 5.74) is 1.81. The quantitative estimate of drug-likeness (QED) is 0.738. The molecule has 1 fully saturated rings. The third-order valence-electron chi connectivity index (χ3n) is 4.51. The number of thiazole rings is 1. The lowest BCUT2D eigenvalue weighted by Crippen LogP contribution is -2.49. The number of piperazine rings is 1. The number of anilines is 3. The number of rotatable bonds is 5. The molecule has 0 unspecified atom stereocenters. The van der Waals surface area contributed by atoms with E-state index in [1.54, 1.807) is 6.20 Å². The Bertz CT molecular complexity index is 876. The van der Waals surface area contributed by atoms with Crippen molar-refractivity contribution in [2.75, 3.05) is 36.4 Å². The molecule has 1 amide bonds. The molecule has 1 aliphatic heterocycles. The maximum Gasteiger partial charge on any atom is 0.228 e. The molecule has 7 heteroatoms. The molecule has 2 aromatic heterocycles. The summed E-state index contributed by atoms with van der Waals surface area (Å²) in [5.74, 6) is 1.10. The van der Waals surface area contributed by atoms with Gasteiger partial charge >= 0.3 is 0 Å². The number of carbonyl (C=O) groups excluding carboxylic acids is 1. The van der Waals surface area contributed by atoms with E-state index in [2.05, 4.69) is 20.2 Å². The molecule has 4 rings (SSSR count). The Labute approximate surface area is 162 Å². The van der Waals surface area contributed by atoms with Crippen molar-refractivity contribution in [1.29, 1.82) is 0 Å². The SMILES string of the molecule is O=C(Cc1csc(Nc2ccccc2)n1)N1CCN(c2ccccn2)CC1. The van der Waals surface area contributed by atoms with Crippen LogP contribution in [0.5, 0.6) is 0 Å². The number of carbonyl (C=O) groups is 1. The molecule has 1 N–H and O–H groups in total. The van der Waals surface area contributed by atoms with E-state index in [4.69, 9.17) is 0 Å². The lowest BCUT2D eigenvalue weighted by molar-refractivity contribution is -0.130. The van der Waals surface area contributed by atoms with Gasteiger partial charge < -0.3 is 15.1 Å². The Kier molecular flexibility index (Phi) is 5.29. The second kappa shape index (κ2) is 8.18.